The molecule has 124 valence electrons. The van der Waals surface area contributed by atoms with Crippen LogP contribution in [0.2, 0.25) is 5.02 Å². The quantitative estimate of drug-likeness (QED) is 0.807. The zero-order chi connectivity index (χ0) is 17.7. The fourth-order valence-electron chi connectivity index (χ4n) is 1.94. The van der Waals surface area contributed by atoms with E-state index in [0.717, 1.165) is 5.56 Å². The molecule has 0 spiro atoms. The molecular weight excluding hydrogens is 328 g/mol. The van der Waals surface area contributed by atoms with Gasteiger partial charge in [0.25, 0.3) is 5.91 Å². The van der Waals surface area contributed by atoms with E-state index in [2.05, 4.69) is 10.2 Å². The molecule has 6 heteroatoms. The normalized spacial score (nSPS) is 12.8. The molecule has 0 aliphatic carbocycles. The van der Waals surface area contributed by atoms with Gasteiger partial charge in [-0.15, -0.1) is 0 Å². The predicted molar refractivity (Wildman–Crippen MR) is 93.6 cm³/mol. The maximum absolute atomic E-state index is 12.3. The molecule has 2 aromatic carbocycles. The zero-order valence-corrected chi connectivity index (χ0v) is 14.1. The molecule has 1 amide bonds. The van der Waals surface area contributed by atoms with Crippen LogP contribution in [0.25, 0.3) is 4.85 Å². The van der Waals surface area contributed by atoms with Gasteiger partial charge in [0.2, 0.25) is 0 Å². The molecule has 0 radical (unpaired) electrons. The van der Waals surface area contributed by atoms with E-state index in [1.807, 2.05) is 0 Å². The van der Waals surface area contributed by atoms with Crippen molar-refractivity contribution in [2.24, 2.45) is 0 Å². The molecule has 0 aliphatic rings. The lowest BCUT2D eigenvalue weighted by atomic mass is 10.1. The summed E-state index contributed by atoms with van der Waals surface area (Å²) in [6, 6.07) is 11.6. The molecule has 0 saturated heterocycles. The van der Waals surface area contributed by atoms with Gasteiger partial charge in [0, 0.05) is 10.7 Å². The van der Waals surface area contributed by atoms with Gasteiger partial charge in [0.1, 0.15) is 12.4 Å². The summed E-state index contributed by atoms with van der Waals surface area (Å²) in [6.45, 7) is 9.97. The van der Waals surface area contributed by atoms with E-state index in [0.29, 0.717) is 22.1 Å². The number of aliphatic hydroxyl groups is 1. The Balaban J connectivity index is 2.00. The molecule has 5 nitrogen and oxygen atoms in total. The summed E-state index contributed by atoms with van der Waals surface area (Å²) in [5.74, 6) is -0.0869. The average Bonchev–Trinajstić information content (AvgIpc) is 2.54. The molecule has 1 atom stereocenters. The molecule has 2 N–H and O–H groups in total. The van der Waals surface area contributed by atoms with Gasteiger partial charge in [-0.2, -0.15) is 0 Å². The first-order valence-corrected chi connectivity index (χ1v) is 7.60. The highest BCUT2D eigenvalue weighted by Crippen LogP contribution is 2.23. The number of hydrogen-bond acceptors (Lipinski definition) is 3. The Bertz CT molecular complexity index is 780. The van der Waals surface area contributed by atoms with E-state index in [4.69, 9.17) is 22.9 Å². The minimum absolute atomic E-state index is 0.209. The van der Waals surface area contributed by atoms with E-state index in [1.54, 1.807) is 49.4 Å². The Morgan fingerprint density at radius 1 is 1.33 bits per heavy atom. The number of amides is 1. The molecule has 2 rings (SSSR count). The van der Waals surface area contributed by atoms with Crippen molar-refractivity contribution in [3.63, 3.8) is 0 Å². The minimum Gasteiger partial charge on any atom is -0.490 e. The van der Waals surface area contributed by atoms with Crippen LogP contribution in [0.5, 0.6) is 5.75 Å². The maximum Gasteiger partial charge on any atom is 0.259 e. The average molecular weight is 345 g/mol. The van der Waals surface area contributed by atoms with Crippen molar-refractivity contribution < 1.29 is 14.6 Å². The van der Waals surface area contributed by atoms with Crippen LogP contribution in [0.4, 0.5) is 11.4 Å². The van der Waals surface area contributed by atoms with Crippen molar-refractivity contribution in [2.45, 2.75) is 19.4 Å². The van der Waals surface area contributed by atoms with Crippen LogP contribution < -0.4 is 10.1 Å². The summed E-state index contributed by atoms with van der Waals surface area (Å²) in [5.41, 5.74) is 0.0637. The summed E-state index contributed by atoms with van der Waals surface area (Å²) in [5, 5.41) is 13.5. The van der Waals surface area contributed by atoms with Gasteiger partial charge >= 0.3 is 0 Å². The Morgan fingerprint density at radius 2 is 2.00 bits per heavy atom. The van der Waals surface area contributed by atoms with Crippen molar-refractivity contribution in [2.75, 3.05) is 11.9 Å². The Hall–Kier alpha value is -2.55. The van der Waals surface area contributed by atoms with Crippen molar-refractivity contribution in [3.05, 3.63) is 64.5 Å². The highest BCUT2D eigenvalue weighted by molar-refractivity contribution is 6.30. The van der Waals surface area contributed by atoms with E-state index in [9.17, 15) is 9.90 Å². The topological polar surface area (TPSA) is 62.9 Å². The van der Waals surface area contributed by atoms with Gasteiger partial charge in [-0.3, -0.25) is 4.79 Å². The highest BCUT2D eigenvalue weighted by Gasteiger charge is 2.31. The second-order valence-corrected chi connectivity index (χ2v) is 6.02. The molecule has 0 bridgehead atoms. The smallest absolute Gasteiger partial charge is 0.259 e. The minimum atomic E-state index is -1.72. The second kappa shape index (κ2) is 7.35. The van der Waals surface area contributed by atoms with Gasteiger partial charge in [-0.05, 0) is 55.8 Å². The van der Waals surface area contributed by atoms with Crippen LogP contribution in [0, 0.1) is 13.5 Å². The van der Waals surface area contributed by atoms with E-state index in [-0.39, 0.29) is 6.61 Å². The summed E-state index contributed by atoms with van der Waals surface area (Å²) < 4.78 is 5.44. The molecule has 24 heavy (non-hydrogen) atoms. The van der Waals surface area contributed by atoms with Crippen molar-refractivity contribution in [1.82, 2.24) is 0 Å². The van der Waals surface area contributed by atoms with E-state index < -0.39 is 11.5 Å². The first-order chi connectivity index (χ1) is 11.3. The van der Waals surface area contributed by atoms with Crippen LogP contribution in [0.3, 0.4) is 0 Å². The Labute approximate surface area is 145 Å². The lowest BCUT2D eigenvalue weighted by Gasteiger charge is -2.22. The molecular formula is C18H17ClN2O3. The molecule has 0 fully saturated rings. The van der Waals surface area contributed by atoms with Gasteiger partial charge in [0.15, 0.2) is 11.3 Å². The third-order valence-corrected chi connectivity index (χ3v) is 3.65. The van der Waals surface area contributed by atoms with Crippen LogP contribution >= 0.6 is 11.6 Å². The molecule has 0 aliphatic heterocycles. The number of carbonyl (C=O) groups excluding carboxylic acids is 1. The highest BCUT2D eigenvalue weighted by atomic mass is 35.5. The van der Waals surface area contributed by atoms with E-state index >= 15 is 0 Å². The predicted octanol–water partition coefficient (Wildman–Crippen LogP) is 3.97. The fourth-order valence-corrected chi connectivity index (χ4v) is 2.07. The number of halogens is 1. The third-order valence-electron chi connectivity index (χ3n) is 3.40. The molecule has 0 unspecified atom stereocenters. The molecule has 0 saturated carbocycles. The van der Waals surface area contributed by atoms with Crippen LogP contribution in [-0.4, -0.2) is 23.2 Å². The summed E-state index contributed by atoms with van der Waals surface area (Å²) in [7, 11) is 0. The number of anilines is 1. The van der Waals surface area contributed by atoms with Gasteiger partial charge in [-0.25, -0.2) is 4.85 Å². The first kappa shape index (κ1) is 17.8. The number of nitrogens with one attached hydrogen (secondary N) is 1. The van der Waals surface area contributed by atoms with Gasteiger partial charge < -0.3 is 15.2 Å². The Kier molecular flexibility index (Phi) is 5.45. The second-order valence-electron chi connectivity index (χ2n) is 5.58. The van der Waals surface area contributed by atoms with Crippen molar-refractivity contribution in [3.8, 4) is 5.75 Å². The number of nitrogens with zero attached hydrogens (tertiary/aromatic N) is 1. The summed E-state index contributed by atoms with van der Waals surface area (Å²) in [4.78, 5) is 15.6. The van der Waals surface area contributed by atoms with Gasteiger partial charge in [0.05, 0.1) is 6.57 Å². The van der Waals surface area contributed by atoms with Gasteiger partial charge in [-0.1, -0.05) is 17.7 Å². The summed E-state index contributed by atoms with van der Waals surface area (Å²) >= 11 is 5.79. The van der Waals surface area contributed by atoms with Crippen molar-refractivity contribution >= 4 is 28.9 Å². The SMILES string of the molecule is [C-]#[N+]c1ccc(NC(=O)[C@@](C)(O)COc2ccc(Cl)cc2)cc1C. The number of aryl methyl sites for hydroxylation is 1. The summed E-state index contributed by atoms with van der Waals surface area (Å²) in [6.07, 6.45) is 0. The maximum atomic E-state index is 12.3. The third kappa shape index (κ3) is 4.48. The standard InChI is InChI=1S/C18H17ClN2O3/c1-12-10-14(6-9-16(12)20-3)21-17(22)18(2,23)11-24-15-7-4-13(19)5-8-15/h4-10,23H,11H2,1-2H3,(H,21,22)/t18-/m0/s1. The monoisotopic (exact) mass is 344 g/mol. The molecule has 0 heterocycles. The largest absolute Gasteiger partial charge is 0.490 e. The number of carbonyl (C=O) groups is 1. The van der Waals surface area contributed by atoms with Crippen LogP contribution in [-0.2, 0) is 4.79 Å². The lowest BCUT2D eigenvalue weighted by molar-refractivity contribution is -0.135. The number of hydrogen-bond donors (Lipinski definition) is 2. The number of benzene rings is 2. The molecule has 2 aromatic rings. The fraction of sp³-hybridized carbons (Fsp3) is 0.222. The van der Waals surface area contributed by atoms with E-state index in [1.165, 1.54) is 6.92 Å². The van der Waals surface area contributed by atoms with Crippen LogP contribution in [0.15, 0.2) is 42.5 Å². The first-order valence-electron chi connectivity index (χ1n) is 7.22. The zero-order valence-electron chi connectivity index (χ0n) is 13.3. The number of rotatable bonds is 5. The van der Waals surface area contributed by atoms with Crippen LogP contribution in [0.1, 0.15) is 12.5 Å². The number of ether oxygens (including phenoxy) is 1. The molecule has 0 aromatic heterocycles. The van der Waals surface area contributed by atoms with Crippen molar-refractivity contribution in [1.29, 1.82) is 0 Å². The lowest BCUT2D eigenvalue weighted by Crippen LogP contribution is -2.45. The Morgan fingerprint density at radius 3 is 2.58 bits per heavy atom.